The number of carbonyl (C=O) groups excluding carboxylic acids is 1. The van der Waals surface area contributed by atoms with Gasteiger partial charge < -0.3 is 9.64 Å². The van der Waals surface area contributed by atoms with E-state index in [2.05, 4.69) is 0 Å². The van der Waals surface area contributed by atoms with Gasteiger partial charge in [-0.25, -0.2) is 12.8 Å². The summed E-state index contributed by atoms with van der Waals surface area (Å²) in [7, 11) is -2.21. The summed E-state index contributed by atoms with van der Waals surface area (Å²) in [5, 5.41) is 0.470. The standard InChI is InChI=1S/C22H27ClFN3O4S/c1-3-25(15-17-4-9-21(31-2)20(24)14-17)16-22(28)26-10-12-27(13-11-26)32(29,30)19-7-5-18(23)6-8-19/h4-9,14H,3,10-13,15-16H2,1-2H3. The molecule has 0 saturated carbocycles. The molecule has 1 saturated heterocycles. The highest BCUT2D eigenvalue weighted by molar-refractivity contribution is 7.89. The van der Waals surface area contributed by atoms with E-state index in [1.807, 2.05) is 11.8 Å². The van der Waals surface area contributed by atoms with Crippen molar-refractivity contribution < 1.29 is 22.3 Å². The van der Waals surface area contributed by atoms with Crippen LogP contribution in [-0.2, 0) is 21.4 Å². The van der Waals surface area contributed by atoms with Crippen LogP contribution < -0.4 is 4.74 Å². The summed E-state index contributed by atoms with van der Waals surface area (Å²) in [5.41, 5.74) is 0.747. The van der Waals surface area contributed by atoms with Crippen LogP contribution in [0.1, 0.15) is 12.5 Å². The molecule has 0 spiro atoms. The number of likely N-dealkylation sites (N-methyl/N-ethyl adjacent to an activating group) is 1. The third-order valence-corrected chi connectivity index (χ3v) is 7.64. The van der Waals surface area contributed by atoms with Crippen LogP contribution in [0.2, 0.25) is 5.02 Å². The predicted octanol–water partition coefficient (Wildman–Crippen LogP) is 2.84. The molecule has 1 fully saturated rings. The number of benzene rings is 2. The molecule has 2 aromatic rings. The molecule has 10 heteroatoms. The van der Waals surface area contributed by atoms with Gasteiger partial charge in [0.05, 0.1) is 18.6 Å². The number of piperazine rings is 1. The van der Waals surface area contributed by atoms with E-state index in [4.69, 9.17) is 16.3 Å². The molecule has 0 bridgehead atoms. The average Bonchev–Trinajstić information content (AvgIpc) is 2.79. The number of hydrogen-bond donors (Lipinski definition) is 0. The first-order chi connectivity index (χ1) is 15.2. The van der Waals surface area contributed by atoms with Crippen LogP contribution in [0.15, 0.2) is 47.4 Å². The zero-order valence-corrected chi connectivity index (χ0v) is 19.7. The van der Waals surface area contributed by atoms with Crippen LogP contribution in [0.5, 0.6) is 5.75 Å². The minimum Gasteiger partial charge on any atom is -0.494 e. The summed E-state index contributed by atoms with van der Waals surface area (Å²) in [6.07, 6.45) is 0. The van der Waals surface area contributed by atoms with Gasteiger partial charge in [0.1, 0.15) is 0 Å². The molecule has 3 rings (SSSR count). The number of halogens is 2. The summed E-state index contributed by atoms with van der Waals surface area (Å²) < 4.78 is 45.9. The van der Waals surface area contributed by atoms with Crippen molar-refractivity contribution in [2.75, 3.05) is 46.4 Å². The van der Waals surface area contributed by atoms with E-state index in [9.17, 15) is 17.6 Å². The van der Waals surface area contributed by atoms with E-state index in [1.165, 1.54) is 29.6 Å². The normalized spacial score (nSPS) is 15.2. The number of hydrogen-bond acceptors (Lipinski definition) is 5. The van der Waals surface area contributed by atoms with Gasteiger partial charge in [-0.15, -0.1) is 0 Å². The highest BCUT2D eigenvalue weighted by Crippen LogP contribution is 2.21. The first-order valence-corrected chi connectivity index (χ1v) is 12.1. The van der Waals surface area contributed by atoms with E-state index < -0.39 is 15.8 Å². The maximum Gasteiger partial charge on any atom is 0.243 e. The Balaban J connectivity index is 1.56. The van der Waals surface area contributed by atoms with Crippen molar-refractivity contribution >= 4 is 27.5 Å². The van der Waals surface area contributed by atoms with Gasteiger partial charge in [-0.05, 0) is 48.5 Å². The lowest BCUT2D eigenvalue weighted by atomic mass is 10.2. The van der Waals surface area contributed by atoms with Gasteiger partial charge in [-0.3, -0.25) is 9.69 Å². The van der Waals surface area contributed by atoms with Gasteiger partial charge in [0, 0.05) is 37.7 Å². The van der Waals surface area contributed by atoms with Crippen molar-refractivity contribution in [1.29, 1.82) is 0 Å². The molecule has 0 aliphatic carbocycles. The van der Waals surface area contributed by atoms with Crippen molar-refractivity contribution in [3.8, 4) is 5.75 Å². The lowest BCUT2D eigenvalue weighted by Gasteiger charge is -2.35. The van der Waals surface area contributed by atoms with Crippen LogP contribution in [0.4, 0.5) is 4.39 Å². The van der Waals surface area contributed by atoms with Crippen molar-refractivity contribution in [2.45, 2.75) is 18.4 Å². The van der Waals surface area contributed by atoms with Gasteiger partial charge in [0.25, 0.3) is 0 Å². The quantitative estimate of drug-likeness (QED) is 0.577. The topological polar surface area (TPSA) is 70.2 Å². The van der Waals surface area contributed by atoms with Gasteiger partial charge in [0.15, 0.2) is 11.6 Å². The summed E-state index contributed by atoms with van der Waals surface area (Å²) >= 11 is 5.85. The van der Waals surface area contributed by atoms with Crippen LogP contribution in [0, 0.1) is 5.82 Å². The fraction of sp³-hybridized carbons (Fsp3) is 0.409. The Labute approximate surface area is 193 Å². The molecule has 1 amide bonds. The van der Waals surface area contributed by atoms with E-state index in [1.54, 1.807) is 29.2 Å². The van der Waals surface area contributed by atoms with E-state index in [-0.39, 0.29) is 36.2 Å². The minimum atomic E-state index is -3.63. The Hall–Kier alpha value is -2.20. The summed E-state index contributed by atoms with van der Waals surface area (Å²) in [5.74, 6) is -0.339. The molecule has 0 unspecified atom stereocenters. The first-order valence-electron chi connectivity index (χ1n) is 10.3. The van der Waals surface area contributed by atoms with Crippen LogP contribution in [-0.4, -0.2) is 74.8 Å². The van der Waals surface area contributed by atoms with E-state index in [0.29, 0.717) is 31.2 Å². The number of sulfonamides is 1. The largest absolute Gasteiger partial charge is 0.494 e. The fourth-order valence-corrected chi connectivity index (χ4v) is 5.12. The summed E-state index contributed by atoms with van der Waals surface area (Å²) in [4.78, 5) is 16.6. The predicted molar refractivity (Wildman–Crippen MR) is 121 cm³/mol. The first kappa shape index (κ1) is 24.4. The number of carbonyl (C=O) groups is 1. The van der Waals surface area contributed by atoms with Gasteiger partial charge in [0.2, 0.25) is 15.9 Å². The second kappa shape index (κ2) is 10.6. The third kappa shape index (κ3) is 5.78. The van der Waals surface area contributed by atoms with Crippen molar-refractivity contribution in [3.05, 3.63) is 58.9 Å². The number of amides is 1. The Morgan fingerprint density at radius 3 is 2.34 bits per heavy atom. The molecule has 2 aromatic carbocycles. The molecule has 0 atom stereocenters. The van der Waals surface area contributed by atoms with E-state index >= 15 is 0 Å². The monoisotopic (exact) mass is 483 g/mol. The average molecular weight is 484 g/mol. The lowest BCUT2D eigenvalue weighted by molar-refractivity contribution is -0.133. The van der Waals surface area contributed by atoms with Crippen LogP contribution in [0.3, 0.4) is 0 Å². The molecule has 0 aromatic heterocycles. The second-order valence-corrected chi connectivity index (χ2v) is 9.89. The maximum atomic E-state index is 14.0. The SMILES string of the molecule is CCN(CC(=O)N1CCN(S(=O)(=O)c2ccc(Cl)cc2)CC1)Cc1ccc(OC)c(F)c1. The molecule has 7 nitrogen and oxygen atoms in total. The molecular weight excluding hydrogens is 457 g/mol. The van der Waals surface area contributed by atoms with Gasteiger partial charge >= 0.3 is 0 Å². The number of nitrogens with zero attached hydrogens (tertiary/aromatic N) is 3. The van der Waals surface area contributed by atoms with Crippen molar-refractivity contribution in [2.24, 2.45) is 0 Å². The van der Waals surface area contributed by atoms with E-state index in [0.717, 1.165) is 5.56 Å². The van der Waals surface area contributed by atoms with Crippen LogP contribution >= 0.6 is 11.6 Å². The number of rotatable bonds is 8. The Kier molecular flexibility index (Phi) is 8.10. The van der Waals surface area contributed by atoms with Crippen molar-refractivity contribution in [1.82, 2.24) is 14.1 Å². The molecular formula is C22H27ClFN3O4S. The summed E-state index contributed by atoms with van der Waals surface area (Å²) in [6, 6.07) is 10.8. The Morgan fingerprint density at radius 1 is 1.12 bits per heavy atom. The van der Waals surface area contributed by atoms with Gasteiger partial charge in [-0.1, -0.05) is 24.6 Å². The highest BCUT2D eigenvalue weighted by Gasteiger charge is 2.30. The maximum absolute atomic E-state index is 14.0. The van der Waals surface area contributed by atoms with Crippen LogP contribution in [0.25, 0.3) is 0 Å². The molecule has 1 aliphatic rings. The molecule has 1 heterocycles. The molecule has 1 aliphatic heterocycles. The Morgan fingerprint density at radius 2 is 1.78 bits per heavy atom. The molecule has 0 N–H and O–H groups in total. The lowest BCUT2D eigenvalue weighted by Crippen LogP contribution is -2.52. The summed E-state index contributed by atoms with van der Waals surface area (Å²) in [6.45, 7) is 4.25. The third-order valence-electron chi connectivity index (χ3n) is 5.47. The Bertz CT molecular complexity index is 1040. The molecule has 0 radical (unpaired) electrons. The van der Waals surface area contributed by atoms with Gasteiger partial charge in [-0.2, -0.15) is 4.31 Å². The second-order valence-electron chi connectivity index (χ2n) is 7.51. The minimum absolute atomic E-state index is 0.0793. The highest BCUT2D eigenvalue weighted by atomic mass is 35.5. The smallest absolute Gasteiger partial charge is 0.243 e. The zero-order chi connectivity index (χ0) is 23.3. The fourth-order valence-electron chi connectivity index (χ4n) is 3.57. The zero-order valence-electron chi connectivity index (χ0n) is 18.1. The number of ether oxygens (including phenoxy) is 1. The van der Waals surface area contributed by atoms with Crippen molar-refractivity contribution in [3.63, 3.8) is 0 Å². The number of methoxy groups -OCH3 is 1. The molecule has 174 valence electrons. The molecule has 32 heavy (non-hydrogen) atoms.